The number of H-pyrrole nitrogens is 2. The van der Waals surface area contributed by atoms with E-state index < -0.39 is 11.7 Å². The molecule has 0 amide bonds. The molecule has 6 nitrogen and oxygen atoms in total. The second-order valence-corrected chi connectivity index (χ2v) is 3.55. The third-order valence-corrected chi connectivity index (χ3v) is 2.47. The average molecular weight is 248 g/mol. The Bertz CT molecular complexity index is 627. The molecule has 0 aliphatic rings. The Balaban J connectivity index is 2.56. The fourth-order valence-corrected chi connectivity index (χ4v) is 1.63. The van der Waals surface area contributed by atoms with Crippen molar-refractivity contribution in [3.8, 4) is 17.0 Å². The molecule has 0 atom stereocenters. The Kier molecular flexibility index (Phi) is 3.18. The first-order chi connectivity index (χ1) is 8.65. The van der Waals surface area contributed by atoms with Gasteiger partial charge in [-0.1, -0.05) is 12.1 Å². The predicted molar refractivity (Wildman–Crippen MR) is 64.7 cm³/mol. The van der Waals surface area contributed by atoms with E-state index in [-0.39, 0.29) is 5.69 Å². The summed E-state index contributed by atoms with van der Waals surface area (Å²) in [6.45, 7) is 0. The molecule has 2 N–H and O–H groups in total. The standard InChI is InChI=1S/C12H12N2O4/c1-17-8-5-3-4-7(6-8)9-10(11(15)18-2)14-12(16)13-9/h3-6H,1-2H3,(H2,13,14,16). The molecule has 0 radical (unpaired) electrons. The van der Waals surface area contributed by atoms with Crippen molar-refractivity contribution in [1.29, 1.82) is 0 Å². The molecule has 2 aromatic rings. The van der Waals surface area contributed by atoms with E-state index in [0.29, 0.717) is 17.0 Å². The van der Waals surface area contributed by atoms with Crippen molar-refractivity contribution >= 4 is 5.97 Å². The number of carbonyl (C=O) groups is 1. The molecule has 94 valence electrons. The molecule has 1 aromatic carbocycles. The van der Waals surface area contributed by atoms with Crippen LogP contribution in [-0.2, 0) is 4.74 Å². The van der Waals surface area contributed by atoms with Crippen molar-refractivity contribution in [2.45, 2.75) is 0 Å². The van der Waals surface area contributed by atoms with E-state index in [1.165, 1.54) is 7.11 Å². The lowest BCUT2D eigenvalue weighted by Gasteiger charge is -2.04. The summed E-state index contributed by atoms with van der Waals surface area (Å²) >= 11 is 0. The van der Waals surface area contributed by atoms with E-state index in [9.17, 15) is 9.59 Å². The third kappa shape index (κ3) is 2.13. The molecular weight excluding hydrogens is 236 g/mol. The fourth-order valence-electron chi connectivity index (χ4n) is 1.63. The van der Waals surface area contributed by atoms with Crippen molar-refractivity contribution in [2.24, 2.45) is 0 Å². The van der Waals surface area contributed by atoms with Crippen LogP contribution in [0, 0.1) is 0 Å². The summed E-state index contributed by atoms with van der Waals surface area (Å²) in [6, 6.07) is 7.01. The largest absolute Gasteiger partial charge is 0.497 e. The van der Waals surface area contributed by atoms with Crippen molar-refractivity contribution in [3.63, 3.8) is 0 Å². The smallest absolute Gasteiger partial charge is 0.356 e. The molecule has 0 aliphatic heterocycles. The number of rotatable bonds is 3. The highest BCUT2D eigenvalue weighted by Crippen LogP contribution is 2.23. The lowest BCUT2D eigenvalue weighted by atomic mass is 10.1. The van der Waals surface area contributed by atoms with Crippen molar-refractivity contribution in [1.82, 2.24) is 9.97 Å². The number of hydrogen-bond donors (Lipinski definition) is 2. The van der Waals surface area contributed by atoms with Gasteiger partial charge in [-0.3, -0.25) is 4.98 Å². The minimum atomic E-state index is -0.605. The highest BCUT2D eigenvalue weighted by molar-refractivity contribution is 5.94. The molecular formula is C12H12N2O4. The summed E-state index contributed by atoms with van der Waals surface area (Å²) in [5, 5.41) is 0. The van der Waals surface area contributed by atoms with Gasteiger partial charge in [-0.15, -0.1) is 0 Å². The summed E-state index contributed by atoms with van der Waals surface area (Å²) in [5.41, 5.74) is 0.669. The Morgan fingerprint density at radius 2 is 2.00 bits per heavy atom. The molecule has 6 heteroatoms. The van der Waals surface area contributed by atoms with Crippen molar-refractivity contribution in [2.75, 3.05) is 14.2 Å². The van der Waals surface area contributed by atoms with Crippen molar-refractivity contribution in [3.05, 3.63) is 40.4 Å². The van der Waals surface area contributed by atoms with E-state index >= 15 is 0 Å². The van der Waals surface area contributed by atoms with Gasteiger partial charge in [0.25, 0.3) is 0 Å². The SMILES string of the molecule is COC(=O)c1[nH]c(=O)[nH]c1-c1cccc(OC)c1. The number of hydrogen-bond acceptors (Lipinski definition) is 4. The van der Waals surface area contributed by atoms with Gasteiger partial charge in [0.15, 0.2) is 5.69 Å². The van der Waals surface area contributed by atoms with E-state index in [1.807, 2.05) is 0 Å². The van der Waals surface area contributed by atoms with Crippen LogP contribution in [0.4, 0.5) is 0 Å². The summed E-state index contributed by atoms with van der Waals surface area (Å²) in [6.07, 6.45) is 0. The van der Waals surface area contributed by atoms with Crippen LogP contribution >= 0.6 is 0 Å². The van der Waals surface area contributed by atoms with Gasteiger partial charge in [-0.05, 0) is 12.1 Å². The maximum absolute atomic E-state index is 11.5. The van der Waals surface area contributed by atoms with E-state index in [1.54, 1.807) is 31.4 Å². The molecule has 0 aliphatic carbocycles. The molecule has 0 saturated carbocycles. The minimum absolute atomic E-state index is 0.0933. The van der Waals surface area contributed by atoms with Crippen LogP contribution in [0.3, 0.4) is 0 Å². The van der Waals surface area contributed by atoms with Crippen LogP contribution in [-0.4, -0.2) is 30.2 Å². The molecule has 18 heavy (non-hydrogen) atoms. The number of methoxy groups -OCH3 is 2. The summed E-state index contributed by atoms with van der Waals surface area (Å²) < 4.78 is 9.70. The van der Waals surface area contributed by atoms with E-state index in [0.717, 1.165) is 0 Å². The Hall–Kier alpha value is -2.50. The number of aromatic amines is 2. The van der Waals surface area contributed by atoms with E-state index in [4.69, 9.17) is 4.74 Å². The zero-order valence-electron chi connectivity index (χ0n) is 9.94. The first-order valence-corrected chi connectivity index (χ1v) is 5.20. The molecule has 0 fully saturated rings. The molecule has 0 bridgehead atoms. The van der Waals surface area contributed by atoms with Gasteiger partial charge in [0.1, 0.15) is 5.75 Å². The van der Waals surface area contributed by atoms with Gasteiger partial charge in [0, 0.05) is 5.56 Å². The Morgan fingerprint density at radius 3 is 2.67 bits per heavy atom. The van der Waals surface area contributed by atoms with Gasteiger partial charge in [0.05, 0.1) is 19.9 Å². The lowest BCUT2D eigenvalue weighted by molar-refractivity contribution is 0.0595. The highest BCUT2D eigenvalue weighted by atomic mass is 16.5. The number of esters is 1. The molecule has 0 spiro atoms. The molecule has 2 rings (SSSR count). The van der Waals surface area contributed by atoms with Crippen LogP contribution in [0.25, 0.3) is 11.3 Å². The molecule has 0 saturated heterocycles. The van der Waals surface area contributed by atoms with Gasteiger partial charge in [-0.25, -0.2) is 9.59 Å². The predicted octanol–water partition coefficient (Wildman–Crippen LogP) is 1.17. The topological polar surface area (TPSA) is 84.2 Å². The molecule has 1 aromatic heterocycles. The molecule has 1 heterocycles. The van der Waals surface area contributed by atoms with E-state index in [2.05, 4.69) is 14.7 Å². The summed E-state index contributed by atoms with van der Waals surface area (Å²) in [7, 11) is 2.79. The van der Waals surface area contributed by atoms with Crippen LogP contribution in [0.2, 0.25) is 0 Å². The number of carbonyl (C=O) groups excluding carboxylic acids is 1. The maximum atomic E-state index is 11.5. The number of benzene rings is 1. The zero-order chi connectivity index (χ0) is 13.1. The Labute approximate surface area is 103 Å². The molecule has 0 unspecified atom stereocenters. The summed E-state index contributed by atoms with van der Waals surface area (Å²) in [4.78, 5) is 27.8. The normalized spacial score (nSPS) is 10.1. The van der Waals surface area contributed by atoms with Crippen LogP contribution in [0.5, 0.6) is 5.75 Å². The van der Waals surface area contributed by atoms with Crippen LogP contribution in [0.1, 0.15) is 10.5 Å². The number of imidazole rings is 1. The van der Waals surface area contributed by atoms with Crippen molar-refractivity contribution < 1.29 is 14.3 Å². The monoisotopic (exact) mass is 248 g/mol. The lowest BCUT2D eigenvalue weighted by Crippen LogP contribution is -2.06. The minimum Gasteiger partial charge on any atom is -0.497 e. The van der Waals surface area contributed by atoms with Gasteiger partial charge in [-0.2, -0.15) is 0 Å². The first kappa shape index (κ1) is 12.0. The second-order valence-electron chi connectivity index (χ2n) is 3.55. The van der Waals surface area contributed by atoms with Gasteiger partial charge >= 0.3 is 11.7 Å². The fraction of sp³-hybridized carbons (Fsp3) is 0.167. The number of nitrogens with one attached hydrogen (secondary N) is 2. The number of ether oxygens (including phenoxy) is 2. The van der Waals surface area contributed by atoms with Crippen LogP contribution in [0.15, 0.2) is 29.1 Å². The zero-order valence-corrected chi connectivity index (χ0v) is 9.94. The highest BCUT2D eigenvalue weighted by Gasteiger charge is 2.17. The summed E-state index contributed by atoms with van der Waals surface area (Å²) in [5.74, 6) is 0.0246. The Morgan fingerprint density at radius 1 is 1.22 bits per heavy atom. The quantitative estimate of drug-likeness (QED) is 0.798. The number of aromatic nitrogens is 2. The second kappa shape index (κ2) is 4.79. The van der Waals surface area contributed by atoms with Gasteiger partial charge in [0.2, 0.25) is 0 Å². The third-order valence-electron chi connectivity index (χ3n) is 2.47. The van der Waals surface area contributed by atoms with Crippen LogP contribution < -0.4 is 10.4 Å². The average Bonchev–Trinajstić information content (AvgIpc) is 2.80. The van der Waals surface area contributed by atoms with Gasteiger partial charge < -0.3 is 14.5 Å². The maximum Gasteiger partial charge on any atom is 0.356 e. The first-order valence-electron chi connectivity index (χ1n) is 5.20.